The predicted molar refractivity (Wildman–Crippen MR) is 80.1 cm³/mol. The highest BCUT2D eigenvalue weighted by Gasteiger charge is 2.01. The number of pyridine rings is 1. The molecule has 2 rings (SSSR count). The number of hydrogen-bond donors (Lipinski definition) is 1. The number of aromatic hydroxyl groups is 1. The predicted octanol–water partition coefficient (Wildman–Crippen LogP) is 2.81. The zero-order valence-electron chi connectivity index (χ0n) is 11.8. The van der Waals surface area contributed by atoms with Crippen LogP contribution in [0.15, 0.2) is 35.1 Å². The van der Waals surface area contributed by atoms with Crippen molar-refractivity contribution in [2.75, 3.05) is 7.11 Å². The lowest BCUT2D eigenvalue weighted by molar-refractivity contribution is 0.373. The molecule has 0 bridgehead atoms. The maximum absolute atomic E-state index is 11.4. The van der Waals surface area contributed by atoms with Crippen LogP contribution < -0.4 is 10.2 Å². The Labute approximate surface area is 117 Å². The molecule has 0 aliphatic rings. The number of hydrogen-bond acceptors (Lipinski definition) is 3. The quantitative estimate of drug-likeness (QED) is 0.934. The third kappa shape index (κ3) is 2.91. The summed E-state index contributed by atoms with van der Waals surface area (Å²) >= 11 is 0. The van der Waals surface area contributed by atoms with Gasteiger partial charge in [0.2, 0.25) is 0 Å². The highest BCUT2D eigenvalue weighted by Crippen LogP contribution is 2.26. The van der Waals surface area contributed by atoms with Gasteiger partial charge < -0.3 is 14.4 Å². The van der Waals surface area contributed by atoms with Gasteiger partial charge in [-0.25, -0.2) is 0 Å². The van der Waals surface area contributed by atoms with Gasteiger partial charge in [0.15, 0.2) is 16.9 Å². The average Bonchev–Trinajstić information content (AvgIpc) is 2.37. The Balaban J connectivity index is 2.35. The van der Waals surface area contributed by atoms with E-state index in [1.54, 1.807) is 24.3 Å². The topological polar surface area (TPSA) is 51.5 Å². The highest BCUT2D eigenvalue weighted by molar-refractivity contribution is 5.64. The smallest absolute Gasteiger partial charge is 0.182 e. The monoisotopic (exact) mass is 271 g/mol. The van der Waals surface area contributed by atoms with Gasteiger partial charge >= 0.3 is 0 Å². The van der Waals surface area contributed by atoms with Crippen LogP contribution in [0, 0.1) is 13.8 Å². The number of benzene rings is 1. The summed E-state index contributed by atoms with van der Waals surface area (Å²) in [5, 5.41) is 9.73. The molecule has 0 aliphatic heterocycles. The molecule has 2 aromatic rings. The van der Waals surface area contributed by atoms with E-state index in [9.17, 15) is 9.90 Å². The molecule has 0 saturated carbocycles. The van der Waals surface area contributed by atoms with Crippen molar-refractivity contribution >= 4 is 12.3 Å². The fraction of sp³-hybridized carbons (Fsp3) is 0.188. The van der Waals surface area contributed by atoms with Crippen molar-refractivity contribution in [2.45, 2.75) is 13.8 Å². The van der Waals surface area contributed by atoms with Crippen LogP contribution in [0.5, 0.6) is 11.5 Å². The number of nitrogens with zero attached hydrogens (tertiary/aromatic N) is 1. The van der Waals surface area contributed by atoms with Crippen molar-refractivity contribution in [3.05, 3.63) is 57.5 Å². The first-order valence-electron chi connectivity index (χ1n) is 6.26. The van der Waals surface area contributed by atoms with Crippen LogP contribution in [0.1, 0.15) is 17.0 Å². The van der Waals surface area contributed by atoms with Crippen LogP contribution >= 0.6 is 0 Å². The first-order chi connectivity index (χ1) is 9.51. The lowest BCUT2D eigenvalue weighted by atomic mass is 10.2. The molecule has 1 aromatic heterocycles. The van der Waals surface area contributed by atoms with E-state index in [1.165, 1.54) is 7.11 Å². The minimum absolute atomic E-state index is 0.00624. The Morgan fingerprint density at radius 3 is 2.35 bits per heavy atom. The normalized spacial score (nSPS) is 10.9. The molecule has 4 nitrogen and oxygen atoms in total. The zero-order valence-corrected chi connectivity index (χ0v) is 11.8. The van der Waals surface area contributed by atoms with Gasteiger partial charge in [-0.05, 0) is 37.6 Å². The molecule has 0 spiro atoms. The number of ether oxygens (including phenoxy) is 1. The summed E-state index contributed by atoms with van der Waals surface area (Å²) in [6.07, 6.45) is 3.73. The lowest BCUT2D eigenvalue weighted by Crippen LogP contribution is -2.08. The van der Waals surface area contributed by atoms with Gasteiger partial charge in [-0.2, -0.15) is 0 Å². The summed E-state index contributed by atoms with van der Waals surface area (Å²) in [6.45, 7) is 3.76. The SMILES string of the molecule is COc1ccc(/C=C/n2c(C)cc(=O)cc2C)cc1O. The summed E-state index contributed by atoms with van der Waals surface area (Å²) < 4.78 is 6.92. The molecule has 1 N–H and O–H groups in total. The Kier molecular flexibility index (Phi) is 3.94. The van der Waals surface area contributed by atoms with E-state index in [1.807, 2.05) is 36.8 Å². The largest absolute Gasteiger partial charge is 0.504 e. The molecule has 1 aromatic carbocycles. The van der Waals surface area contributed by atoms with E-state index in [0.717, 1.165) is 17.0 Å². The van der Waals surface area contributed by atoms with E-state index < -0.39 is 0 Å². The second-order valence-electron chi connectivity index (χ2n) is 4.59. The van der Waals surface area contributed by atoms with Crippen LogP contribution in [0.3, 0.4) is 0 Å². The average molecular weight is 271 g/mol. The number of aryl methyl sites for hydroxylation is 2. The molecule has 0 amide bonds. The third-order valence-corrected chi connectivity index (χ3v) is 3.08. The molecule has 0 atom stereocenters. The molecule has 1 heterocycles. The van der Waals surface area contributed by atoms with Gasteiger partial charge in [0.1, 0.15) is 0 Å². The first-order valence-corrected chi connectivity index (χ1v) is 6.26. The standard InChI is InChI=1S/C16H17NO3/c1-11-8-14(18)9-12(2)17(11)7-6-13-4-5-16(20-3)15(19)10-13/h4-10,19H,1-3H3/b7-6+. The van der Waals surface area contributed by atoms with Gasteiger partial charge in [-0.15, -0.1) is 0 Å². The van der Waals surface area contributed by atoms with E-state index in [4.69, 9.17) is 4.74 Å². The lowest BCUT2D eigenvalue weighted by Gasteiger charge is -2.09. The molecule has 104 valence electrons. The minimum Gasteiger partial charge on any atom is -0.504 e. The van der Waals surface area contributed by atoms with Crippen molar-refractivity contribution < 1.29 is 9.84 Å². The van der Waals surface area contributed by atoms with Gasteiger partial charge in [-0.3, -0.25) is 4.79 Å². The van der Waals surface area contributed by atoms with Crippen molar-refractivity contribution in [1.29, 1.82) is 0 Å². The molecular weight excluding hydrogens is 254 g/mol. The molecule has 0 radical (unpaired) electrons. The Bertz CT molecular complexity index is 688. The molecular formula is C16H17NO3. The molecule has 20 heavy (non-hydrogen) atoms. The third-order valence-electron chi connectivity index (χ3n) is 3.08. The van der Waals surface area contributed by atoms with Gasteiger partial charge in [0.25, 0.3) is 0 Å². The van der Waals surface area contributed by atoms with Crippen LogP contribution in [-0.4, -0.2) is 16.8 Å². The molecule has 0 aliphatic carbocycles. The van der Waals surface area contributed by atoms with E-state index in [0.29, 0.717) is 5.75 Å². The fourth-order valence-electron chi connectivity index (χ4n) is 2.08. The second-order valence-corrected chi connectivity index (χ2v) is 4.59. The number of aromatic nitrogens is 1. The summed E-state index contributed by atoms with van der Waals surface area (Å²) in [5.41, 5.74) is 2.58. The molecule has 0 saturated heterocycles. The summed E-state index contributed by atoms with van der Waals surface area (Å²) in [4.78, 5) is 11.4. The Morgan fingerprint density at radius 1 is 1.15 bits per heavy atom. The summed E-state index contributed by atoms with van der Waals surface area (Å²) in [5.74, 6) is 0.542. The maximum atomic E-state index is 11.4. The van der Waals surface area contributed by atoms with Crippen LogP contribution in [0.25, 0.3) is 12.3 Å². The number of methoxy groups -OCH3 is 1. The molecule has 0 fully saturated rings. The van der Waals surface area contributed by atoms with Gasteiger partial charge in [0.05, 0.1) is 7.11 Å². The minimum atomic E-state index is 0.00624. The Hall–Kier alpha value is -2.49. The second kappa shape index (κ2) is 5.65. The number of phenols is 1. The van der Waals surface area contributed by atoms with E-state index in [2.05, 4.69) is 0 Å². The Morgan fingerprint density at radius 2 is 1.80 bits per heavy atom. The number of phenolic OH excluding ortho intramolecular Hbond substituents is 1. The van der Waals surface area contributed by atoms with Crippen LogP contribution in [-0.2, 0) is 0 Å². The van der Waals surface area contributed by atoms with Crippen molar-refractivity contribution in [3.63, 3.8) is 0 Å². The number of rotatable bonds is 3. The van der Waals surface area contributed by atoms with Gasteiger partial charge in [-0.1, -0.05) is 6.07 Å². The van der Waals surface area contributed by atoms with Crippen molar-refractivity contribution in [3.8, 4) is 11.5 Å². The molecule has 4 heteroatoms. The van der Waals surface area contributed by atoms with Crippen molar-refractivity contribution in [2.24, 2.45) is 0 Å². The first kappa shape index (κ1) is 13.9. The van der Waals surface area contributed by atoms with E-state index in [-0.39, 0.29) is 11.2 Å². The summed E-state index contributed by atoms with van der Waals surface area (Å²) in [6, 6.07) is 8.36. The van der Waals surface area contributed by atoms with Crippen LogP contribution in [0.4, 0.5) is 0 Å². The van der Waals surface area contributed by atoms with Crippen LogP contribution in [0.2, 0.25) is 0 Å². The summed E-state index contributed by atoms with van der Waals surface area (Å²) in [7, 11) is 1.51. The maximum Gasteiger partial charge on any atom is 0.182 e. The van der Waals surface area contributed by atoms with Gasteiger partial charge in [0, 0.05) is 29.7 Å². The highest BCUT2D eigenvalue weighted by atomic mass is 16.5. The fourth-order valence-corrected chi connectivity index (χ4v) is 2.08. The van der Waals surface area contributed by atoms with Crippen molar-refractivity contribution in [1.82, 2.24) is 4.57 Å². The van der Waals surface area contributed by atoms with E-state index >= 15 is 0 Å². The molecule has 0 unspecified atom stereocenters. The zero-order chi connectivity index (χ0) is 14.7.